The Bertz CT molecular complexity index is 1060. The number of rotatable bonds is 2. The lowest BCUT2D eigenvalue weighted by molar-refractivity contribution is 0.102. The number of hydrogen-bond acceptors (Lipinski definition) is 5. The second-order valence-corrected chi connectivity index (χ2v) is 5.60. The molecule has 0 atom stereocenters. The maximum atomic E-state index is 12.3. The molecule has 0 saturated heterocycles. The first-order valence-electron chi connectivity index (χ1n) is 6.46. The minimum absolute atomic E-state index is 0.229. The highest BCUT2D eigenvalue weighted by atomic mass is 32.1. The Labute approximate surface area is 127 Å². The first-order chi connectivity index (χ1) is 10.7. The Morgan fingerprint density at radius 2 is 2.14 bits per heavy atom. The molecule has 2 N–H and O–H groups in total. The number of benzene rings is 2. The first-order valence-corrected chi connectivity index (χ1v) is 7.34. The van der Waals surface area contributed by atoms with Gasteiger partial charge in [-0.25, -0.2) is 9.78 Å². The van der Waals surface area contributed by atoms with Crippen molar-refractivity contribution in [1.82, 2.24) is 9.97 Å². The lowest BCUT2D eigenvalue weighted by Crippen LogP contribution is -2.11. The third-order valence-corrected chi connectivity index (χ3v) is 4.06. The molecular formula is C15H9N3O3S. The summed E-state index contributed by atoms with van der Waals surface area (Å²) in [6.07, 6.45) is 0. The molecule has 108 valence electrons. The first kappa shape index (κ1) is 12.8. The third kappa shape index (κ3) is 2.17. The van der Waals surface area contributed by atoms with Gasteiger partial charge in [-0.1, -0.05) is 0 Å². The molecular weight excluding hydrogens is 302 g/mol. The number of oxazole rings is 1. The number of fused-ring (bicyclic) bond motifs is 2. The smallest absolute Gasteiger partial charge is 0.408 e. The van der Waals surface area contributed by atoms with Crippen LogP contribution in [0.25, 0.3) is 21.3 Å². The molecule has 22 heavy (non-hydrogen) atoms. The molecule has 4 rings (SSSR count). The van der Waals surface area contributed by atoms with E-state index in [0.29, 0.717) is 22.4 Å². The molecule has 1 amide bonds. The molecule has 6 nitrogen and oxygen atoms in total. The highest BCUT2D eigenvalue weighted by Crippen LogP contribution is 2.21. The average molecular weight is 311 g/mol. The van der Waals surface area contributed by atoms with Crippen molar-refractivity contribution in [2.45, 2.75) is 0 Å². The van der Waals surface area contributed by atoms with Crippen LogP contribution in [0.1, 0.15) is 10.4 Å². The van der Waals surface area contributed by atoms with Crippen LogP contribution in [0.2, 0.25) is 0 Å². The van der Waals surface area contributed by atoms with Crippen LogP contribution in [0, 0.1) is 0 Å². The van der Waals surface area contributed by atoms with Gasteiger partial charge in [-0.05, 0) is 30.3 Å². The van der Waals surface area contributed by atoms with E-state index in [9.17, 15) is 9.59 Å². The molecule has 0 radical (unpaired) electrons. The van der Waals surface area contributed by atoms with E-state index in [1.54, 1.807) is 35.8 Å². The summed E-state index contributed by atoms with van der Waals surface area (Å²) >= 11 is 1.48. The fourth-order valence-corrected chi connectivity index (χ4v) is 2.94. The Morgan fingerprint density at radius 3 is 3.05 bits per heavy atom. The van der Waals surface area contributed by atoms with Gasteiger partial charge in [0.15, 0.2) is 5.58 Å². The maximum absolute atomic E-state index is 12.3. The molecule has 0 spiro atoms. The fourth-order valence-electron chi connectivity index (χ4n) is 2.22. The van der Waals surface area contributed by atoms with E-state index in [-0.39, 0.29) is 5.91 Å². The summed E-state index contributed by atoms with van der Waals surface area (Å²) in [6, 6.07) is 10.3. The van der Waals surface area contributed by atoms with E-state index in [1.165, 1.54) is 11.3 Å². The van der Waals surface area contributed by atoms with Gasteiger partial charge >= 0.3 is 5.76 Å². The Kier molecular flexibility index (Phi) is 2.80. The zero-order chi connectivity index (χ0) is 15.1. The van der Waals surface area contributed by atoms with E-state index in [0.717, 1.165) is 10.2 Å². The predicted molar refractivity (Wildman–Crippen MR) is 84.4 cm³/mol. The van der Waals surface area contributed by atoms with E-state index < -0.39 is 5.76 Å². The van der Waals surface area contributed by atoms with Crippen LogP contribution in [-0.2, 0) is 0 Å². The monoisotopic (exact) mass is 311 g/mol. The standard InChI is InChI=1S/C15H9N3O3S/c19-14(8-1-3-11-13(5-8)22-7-16-11)17-9-2-4-10-12(6-9)21-15(20)18-10/h1-7H,(H,17,19)(H,18,20). The van der Waals surface area contributed by atoms with Crippen molar-refractivity contribution < 1.29 is 9.21 Å². The van der Waals surface area contributed by atoms with E-state index in [1.807, 2.05) is 6.07 Å². The van der Waals surface area contributed by atoms with Crippen LogP contribution in [0.5, 0.6) is 0 Å². The van der Waals surface area contributed by atoms with Crippen LogP contribution < -0.4 is 11.1 Å². The summed E-state index contributed by atoms with van der Waals surface area (Å²) in [5, 5.41) is 2.79. The molecule has 0 bridgehead atoms. The fraction of sp³-hybridized carbons (Fsp3) is 0. The van der Waals surface area contributed by atoms with Crippen molar-refractivity contribution in [3.05, 3.63) is 58.0 Å². The molecule has 2 aromatic carbocycles. The molecule has 0 aliphatic carbocycles. The van der Waals surface area contributed by atoms with Crippen molar-refractivity contribution >= 4 is 44.2 Å². The number of nitrogens with zero attached hydrogens (tertiary/aromatic N) is 1. The van der Waals surface area contributed by atoms with Gasteiger partial charge < -0.3 is 9.73 Å². The lowest BCUT2D eigenvalue weighted by Gasteiger charge is -2.05. The van der Waals surface area contributed by atoms with Gasteiger partial charge in [0, 0.05) is 17.3 Å². The normalized spacial score (nSPS) is 11.1. The number of carbonyl (C=O) groups excluding carboxylic acids is 1. The van der Waals surface area contributed by atoms with Crippen LogP contribution in [0.3, 0.4) is 0 Å². The number of anilines is 1. The van der Waals surface area contributed by atoms with E-state index in [4.69, 9.17) is 4.42 Å². The molecule has 7 heteroatoms. The number of aromatic nitrogens is 2. The van der Waals surface area contributed by atoms with Gasteiger partial charge in [0.25, 0.3) is 5.91 Å². The van der Waals surface area contributed by atoms with E-state index in [2.05, 4.69) is 15.3 Å². The highest BCUT2D eigenvalue weighted by Gasteiger charge is 2.09. The predicted octanol–water partition coefficient (Wildman–Crippen LogP) is 2.98. The number of hydrogen-bond donors (Lipinski definition) is 2. The second kappa shape index (κ2) is 4.81. The summed E-state index contributed by atoms with van der Waals surface area (Å²) in [4.78, 5) is 30.2. The Morgan fingerprint density at radius 1 is 1.23 bits per heavy atom. The molecule has 4 aromatic rings. The van der Waals surface area contributed by atoms with Crippen molar-refractivity contribution in [2.75, 3.05) is 5.32 Å². The van der Waals surface area contributed by atoms with Gasteiger partial charge in [0.2, 0.25) is 0 Å². The lowest BCUT2D eigenvalue weighted by atomic mass is 10.2. The van der Waals surface area contributed by atoms with Gasteiger partial charge in [-0.15, -0.1) is 11.3 Å². The van der Waals surface area contributed by atoms with Gasteiger partial charge in [0.1, 0.15) is 0 Å². The summed E-state index contributed by atoms with van der Waals surface area (Å²) in [5.74, 6) is -0.748. The number of carbonyl (C=O) groups is 1. The molecule has 0 aliphatic heterocycles. The number of nitrogens with one attached hydrogen (secondary N) is 2. The summed E-state index contributed by atoms with van der Waals surface area (Å²) < 4.78 is 5.93. The topological polar surface area (TPSA) is 88.0 Å². The Balaban J connectivity index is 1.65. The average Bonchev–Trinajstić information content (AvgIpc) is 3.10. The van der Waals surface area contributed by atoms with Gasteiger partial charge in [-0.3, -0.25) is 9.78 Å². The molecule has 0 fully saturated rings. The minimum Gasteiger partial charge on any atom is -0.408 e. The van der Waals surface area contributed by atoms with Gasteiger partial charge in [-0.2, -0.15) is 0 Å². The van der Waals surface area contributed by atoms with Crippen molar-refractivity contribution in [3.63, 3.8) is 0 Å². The number of aromatic amines is 1. The molecule has 0 aliphatic rings. The quantitative estimate of drug-likeness (QED) is 0.595. The summed E-state index contributed by atoms with van der Waals surface area (Å²) in [6.45, 7) is 0. The van der Waals surface area contributed by atoms with Crippen LogP contribution in [0.15, 0.2) is 51.1 Å². The molecule has 2 heterocycles. The molecule has 0 saturated carbocycles. The van der Waals surface area contributed by atoms with Crippen molar-refractivity contribution in [1.29, 1.82) is 0 Å². The largest absolute Gasteiger partial charge is 0.417 e. The minimum atomic E-state index is -0.519. The molecule has 0 unspecified atom stereocenters. The number of thiazole rings is 1. The SMILES string of the molecule is O=C(Nc1ccc2[nH]c(=O)oc2c1)c1ccc2ncsc2c1. The number of amides is 1. The van der Waals surface area contributed by atoms with Crippen LogP contribution in [-0.4, -0.2) is 15.9 Å². The Hall–Kier alpha value is -2.93. The van der Waals surface area contributed by atoms with Crippen LogP contribution >= 0.6 is 11.3 Å². The highest BCUT2D eigenvalue weighted by molar-refractivity contribution is 7.16. The second-order valence-electron chi connectivity index (χ2n) is 4.71. The summed E-state index contributed by atoms with van der Waals surface area (Å²) in [5.41, 5.74) is 4.72. The summed E-state index contributed by atoms with van der Waals surface area (Å²) in [7, 11) is 0. The van der Waals surface area contributed by atoms with Crippen molar-refractivity contribution in [2.24, 2.45) is 0 Å². The number of H-pyrrole nitrogens is 1. The zero-order valence-electron chi connectivity index (χ0n) is 11.1. The van der Waals surface area contributed by atoms with E-state index >= 15 is 0 Å². The van der Waals surface area contributed by atoms with Crippen molar-refractivity contribution in [3.8, 4) is 0 Å². The zero-order valence-corrected chi connectivity index (χ0v) is 11.9. The van der Waals surface area contributed by atoms with Gasteiger partial charge in [0.05, 0.1) is 21.2 Å². The molecule has 2 aromatic heterocycles. The third-order valence-electron chi connectivity index (χ3n) is 3.27. The van der Waals surface area contributed by atoms with Crippen LogP contribution in [0.4, 0.5) is 5.69 Å². The maximum Gasteiger partial charge on any atom is 0.417 e.